The fourth-order valence-electron chi connectivity index (χ4n) is 3.96. The molecule has 3 nitrogen and oxygen atoms in total. The Labute approximate surface area is 145 Å². The summed E-state index contributed by atoms with van der Waals surface area (Å²) < 4.78 is 12.0. The Bertz CT molecular complexity index is 474. The number of aldehydes is 1. The van der Waals surface area contributed by atoms with Crippen molar-refractivity contribution in [2.24, 2.45) is 11.8 Å². The van der Waals surface area contributed by atoms with Crippen LogP contribution in [0.25, 0.3) is 0 Å². The maximum absolute atomic E-state index is 11.2. The zero-order valence-electron chi connectivity index (χ0n) is 14.7. The molecule has 2 aliphatic rings. The third-order valence-electron chi connectivity index (χ3n) is 5.46. The van der Waals surface area contributed by atoms with Gasteiger partial charge in [0.25, 0.3) is 0 Å². The average Bonchev–Trinajstić information content (AvgIpc) is 2.66. The van der Waals surface area contributed by atoms with E-state index in [0.29, 0.717) is 17.4 Å². The van der Waals surface area contributed by atoms with Crippen LogP contribution in [0.1, 0.15) is 74.6 Å². The highest BCUT2D eigenvalue weighted by atomic mass is 16.5. The van der Waals surface area contributed by atoms with Crippen LogP contribution in [0.5, 0.6) is 11.5 Å². The Balaban J connectivity index is 1.56. The van der Waals surface area contributed by atoms with E-state index in [4.69, 9.17) is 9.47 Å². The molecular weight excluding hydrogens is 300 g/mol. The van der Waals surface area contributed by atoms with Crippen LogP contribution < -0.4 is 9.47 Å². The highest BCUT2D eigenvalue weighted by molar-refractivity contribution is 5.76. The summed E-state index contributed by atoms with van der Waals surface area (Å²) >= 11 is 0. The molecule has 0 aliphatic heterocycles. The predicted molar refractivity (Wildman–Crippen MR) is 96.0 cm³/mol. The van der Waals surface area contributed by atoms with Gasteiger partial charge in [-0.15, -0.1) is 0 Å². The minimum atomic E-state index is 0.634. The molecule has 24 heavy (non-hydrogen) atoms. The normalized spacial score (nSPS) is 19.8. The zero-order valence-corrected chi connectivity index (χ0v) is 14.7. The molecule has 1 aromatic rings. The molecule has 0 N–H and O–H groups in total. The SMILES string of the molecule is O=Cc1cc(OCC2CCCCC2)cc(OCC2CCCCC2)c1. The van der Waals surface area contributed by atoms with Gasteiger partial charge < -0.3 is 9.47 Å². The summed E-state index contributed by atoms with van der Waals surface area (Å²) in [6.07, 6.45) is 13.9. The number of hydrogen-bond donors (Lipinski definition) is 0. The fraction of sp³-hybridized carbons (Fsp3) is 0.667. The monoisotopic (exact) mass is 330 g/mol. The van der Waals surface area contributed by atoms with E-state index >= 15 is 0 Å². The van der Waals surface area contributed by atoms with E-state index in [1.165, 1.54) is 64.2 Å². The summed E-state index contributed by atoms with van der Waals surface area (Å²) in [5.74, 6) is 2.85. The van der Waals surface area contributed by atoms with Gasteiger partial charge in [0.2, 0.25) is 0 Å². The summed E-state index contributed by atoms with van der Waals surface area (Å²) in [5.41, 5.74) is 0.634. The van der Waals surface area contributed by atoms with Gasteiger partial charge in [0, 0.05) is 11.6 Å². The van der Waals surface area contributed by atoms with E-state index in [0.717, 1.165) is 31.0 Å². The van der Waals surface area contributed by atoms with Crippen LogP contribution >= 0.6 is 0 Å². The standard InChI is InChI=1S/C21H30O3/c22-14-19-11-20(23-15-17-7-3-1-4-8-17)13-21(12-19)24-16-18-9-5-2-6-10-18/h11-14,17-18H,1-10,15-16H2. The number of benzene rings is 1. The summed E-state index contributed by atoms with van der Waals surface area (Å²) in [7, 11) is 0. The Morgan fingerprint density at radius 2 is 1.21 bits per heavy atom. The van der Waals surface area contributed by atoms with Gasteiger partial charge in [-0.1, -0.05) is 38.5 Å². The smallest absolute Gasteiger partial charge is 0.150 e. The van der Waals surface area contributed by atoms with Crippen LogP contribution in [-0.2, 0) is 0 Å². The number of rotatable bonds is 7. The van der Waals surface area contributed by atoms with E-state index in [9.17, 15) is 4.79 Å². The van der Waals surface area contributed by atoms with E-state index in [2.05, 4.69) is 0 Å². The van der Waals surface area contributed by atoms with Crippen molar-refractivity contribution in [3.8, 4) is 11.5 Å². The van der Waals surface area contributed by atoms with Gasteiger partial charge in [-0.25, -0.2) is 0 Å². The lowest BCUT2D eigenvalue weighted by molar-refractivity contribution is 0.112. The molecule has 0 atom stereocenters. The number of ether oxygens (including phenoxy) is 2. The molecule has 2 saturated carbocycles. The maximum Gasteiger partial charge on any atom is 0.150 e. The summed E-state index contributed by atoms with van der Waals surface area (Å²) in [5, 5.41) is 0. The van der Waals surface area contributed by atoms with Crippen molar-refractivity contribution in [3.63, 3.8) is 0 Å². The second-order valence-electron chi connectivity index (χ2n) is 7.49. The first kappa shape index (κ1) is 17.3. The van der Waals surface area contributed by atoms with Crippen molar-refractivity contribution in [2.75, 3.05) is 13.2 Å². The molecule has 3 rings (SSSR count). The Hall–Kier alpha value is -1.51. The Kier molecular flexibility index (Phi) is 6.57. The molecule has 0 bridgehead atoms. The highest BCUT2D eigenvalue weighted by Crippen LogP contribution is 2.28. The van der Waals surface area contributed by atoms with Gasteiger partial charge in [0.05, 0.1) is 13.2 Å². The van der Waals surface area contributed by atoms with Gasteiger partial charge in [-0.3, -0.25) is 4.79 Å². The zero-order chi connectivity index (χ0) is 16.6. The largest absolute Gasteiger partial charge is 0.493 e. The predicted octanol–water partition coefficient (Wildman–Crippen LogP) is 5.42. The summed E-state index contributed by atoms with van der Waals surface area (Å²) in [6, 6.07) is 5.59. The molecule has 0 heterocycles. The van der Waals surface area contributed by atoms with E-state index in [1.807, 2.05) is 18.2 Å². The molecule has 0 radical (unpaired) electrons. The van der Waals surface area contributed by atoms with Crippen molar-refractivity contribution < 1.29 is 14.3 Å². The minimum Gasteiger partial charge on any atom is -0.493 e. The van der Waals surface area contributed by atoms with E-state index in [1.54, 1.807) is 0 Å². The van der Waals surface area contributed by atoms with Crippen molar-refractivity contribution in [1.29, 1.82) is 0 Å². The van der Waals surface area contributed by atoms with Crippen LogP contribution in [0, 0.1) is 11.8 Å². The molecule has 2 aliphatic carbocycles. The lowest BCUT2D eigenvalue weighted by atomic mass is 9.90. The number of hydrogen-bond acceptors (Lipinski definition) is 3. The fourth-order valence-corrected chi connectivity index (χ4v) is 3.96. The van der Waals surface area contributed by atoms with Crippen LogP contribution in [0.4, 0.5) is 0 Å². The molecule has 2 fully saturated rings. The minimum absolute atomic E-state index is 0.634. The topological polar surface area (TPSA) is 35.5 Å². The first-order chi connectivity index (χ1) is 11.8. The van der Waals surface area contributed by atoms with Crippen LogP contribution in [0.2, 0.25) is 0 Å². The van der Waals surface area contributed by atoms with E-state index < -0.39 is 0 Å². The van der Waals surface area contributed by atoms with Crippen molar-refractivity contribution in [3.05, 3.63) is 23.8 Å². The van der Waals surface area contributed by atoms with Crippen LogP contribution in [0.15, 0.2) is 18.2 Å². The van der Waals surface area contributed by atoms with Gasteiger partial charge in [-0.2, -0.15) is 0 Å². The van der Waals surface area contributed by atoms with Crippen molar-refractivity contribution in [2.45, 2.75) is 64.2 Å². The summed E-state index contributed by atoms with van der Waals surface area (Å²) in [6.45, 7) is 1.51. The second kappa shape index (κ2) is 9.10. The van der Waals surface area contributed by atoms with Gasteiger partial charge in [0.15, 0.2) is 0 Å². The molecule has 1 aromatic carbocycles. The third kappa shape index (κ3) is 5.25. The number of carbonyl (C=O) groups excluding carboxylic acids is 1. The average molecular weight is 330 g/mol. The van der Waals surface area contributed by atoms with Crippen LogP contribution in [-0.4, -0.2) is 19.5 Å². The first-order valence-corrected chi connectivity index (χ1v) is 9.69. The van der Waals surface area contributed by atoms with Gasteiger partial charge in [-0.05, 0) is 49.7 Å². The summed E-state index contributed by atoms with van der Waals surface area (Å²) in [4.78, 5) is 11.2. The molecule has 0 saturated heterocycles. The maximum atomic E-state index is 11.2. The van der Waals surface area contributed by atoms with Gasteiger partial charge in [0.1, 0.15) is 17.8 Å². The molecule has 3 heteroatoms. The first-order valence-electron chi connectivity index (χ1n) is 9.69. The van der Waals surface area contributed by atoms with Gasteiger partial charge >= 0.3 is 0 Å². The second-order valence-corrected chi connectivity index (χ2v) is 7.49. The molecule has 0 spiro atoms. The molecule has 0 unspecified atom stereocenters. The molecule has 0 aromatic heterocycles. The third-order valence-corrected chi connectivity index (χ3v) is 5.46. The van der Waals surface area contributed by atoms with E-state index in [-0.39, 0.29) is 0 Å². The van der Waals surface area contributed by atoms with Crippen LogP contribution in [0.3, 0.4) is 0 Å². The molecular formula is C21H30O3. The quantitative estimate of drug-likeness (QED) is 0.626. The highest BCUT2D eigenvalue weighted by Gasteiger charge is 2.16. The Morgan fingerprint density at radius 1 is 0.750 bits per heavy atom. The number of carbonyl (C=O) groups is 1. The lowest BCUT2D eigenvalue weighted by Gasteiger charge is -2.23. The molecule has 0 amide bonds. The Morgan fingerprint density at radius 3 is 1.62 bits per heavy atom. The van der Waals surface area contributed by atoms with Crippen molar-refractivity contribution >= 4 is 6.29 Å². The lowest BCUT2D eigenvalue weighted by Crippen LogP contribution is -2.16. The molecule has 132 valence electrons. The van der Waals surface area contributed by atoms with Crippen molar-refractivity contribution in [1.82, 2.24) is 0 Å².